The van der Waals surface area contributed by atoms with E-state index in [1.165, 1.54) is 18.3 Å². The van der Waals surface area contributed by atoms with E-state index in [4.69, 9.17) is 4.74 Å². The van der Waals surface area contributed by atoms with Crippen molar-refractivity contribution in [3.63, 3.8) is 0 Å². The Kier molecular flexibility index (Phi) is 5.61. The van der Waals surface area contributed by atoms with Crippen LogP contribution in [0.15, 0.2) is 60.8 Å². The van der Waals surface area contributed by atoms with Crippen LogP contribution in [0.2, 0.25) is 0 Å². The van der Waals surface area contributed by atoms with Crippen LogP contribution in [0.3, 0.4) is 0 Å². The first-order valence-electron chi connectivity index (χ1n) is 8.28. The molecule has 0 bridgehead atoms. The van der Waals surface area contributed by atoms with Crippen LogP contribution in [-0.4, -0.2) is 17.5 Å². The predicted molar refractivity (Wildman–Crippen MR) is 99.4 cm³/mol. The number of rotatable bonds is 6. The lowest BCUT2D eigenvalue weighted by molar-refractivity contribution is 0.102. The van der Waals surface area contributed by atoms with Gasteiger partial charge in [0.1, 0.15) is 28.9 Å². The van der Waals surface area contributed by atoms with Gasteiger partial charge < -0.3 is 15.4 Å². The molecule has 1 aromatic heterocycles. The minimum atomic E-state index is -0.845. The average Bonchev–Trinajstić information content (AvgIpc) is 2.67. The molecule has 0 atom stereocenters. The molecular formula is C20H17F2N3O2. The fourth-order valence-electron chi connectivity index (χ4n) is 2.39. The van der Waals surface area contributed by atoms with E-state index in [1.807, 2.05) is 31.2 Å². The topological polar surface area (TPSA) is 63.2 Å². The molecule has 0 aliphatic heterocycles. The van der Waals surface area contributed by atoms with E-state index in [0.29, 0.717) is 18.2 Å². The number of ether oxygens (including phenoxy) is 1. The molecular weight excluding hydrogens is 352 g/mol. The van der Waals surface area contributed by atoms with Gasteiger partial charge in [-0.3, -0.25) is 4.79 Å². The van der Waals surface area contributed by atoms with Crippen molar-refractivity contribution in [2.75, 3.05) is 17.2 Å². The molecule has 5 nitrogen and oxygen atoms in total. The molecule has 7 heteroatoms. The number of anilines is 3. The summed E-state index contributed by atoms with van der Waals surface area (Å²) in [6.07, 6.45) is 1.32. The van der Waals surface area contributed by atoms with Gasteiger partial charge in [0.25, 0.3) is 5.91 Å². The zero-order valence-corrected chi connectivity index (χ0v) is 14.5. The Hall–Kier alpha value is -3.48. The molecule has 2 N–H and O–H groups in total. The largest absolute Gasteiger partial charge is 0.492 e. The number of aromatic nitrogens is 1. The summed E-state index contributed by atoms with van der Waals surface area (Å²) in [5, 5.41) is 5.32. The summed E-state index contributed by atoms with van der Waals surface area (Å²) in [6.45, 7) is 2.42. The SMILES string of the molecule is CCOc1ccccc1Nc1ccc(C(=O)Nc2c(F)cccc2F)cn1. The van der Waals surface area contributed by atoms with Crippen LogP contribution in [0.25, 0.3) is 0 Å². The van der Waals surface area contributed by atoms with Crippen LogP contribution < -0.4 is 15.4 Å². The van der Waals surface area contributed by atoms with E-state index < -0.39 is 23.2 Å². The Morgan fingerprint density at radius 2 is 1.78 bits per heavy atom. The summed E-state index contributed by atoms with van der Waals surface area (Å²) >= 11 is 0. The number of benzene rings is 2. The number of halogens is 2. The fourth-order valence-corrected chi connectivity index (χ4v) is 2.39. The number of carbonyl (C=O) groups excluding carboxylic acids is 1. The molecule has 3 rings (SSSR count). The first-order chi connectivity index (χ1) is 13.1. The standard InChI is InChI=1S/C20H17F2N3O2/c1-2-27-17-9-4-3-8-16(17)24-18-11-10-13(12-23-18)20(26)25-19-14(21)6-5-7-15(19)22/h3-12H,2H2,1H3,(H,23,24)(H,25,26). The number of carbonyl (C=O) groups is 1. The van der Waals surface area contributed by atoms with Crippen LogP contribution in [-0.2, 0) is 0 Å². The molecule has 0 aliphatic carbocycles. The van der Waals surface area contributed by atoms with Crippen LogP contribution in [0, 0.1) is 11.6 Å². The molecule has 27 heavy (non-hydrogen) atoms. The molecule has 0 saturated heterocycles. The molecule has 0 aliphatic rings. The van der Waals surface area contributed by atoms with Crippen molar-refractivity contribution < 1.29 is 18.3 Å². The zero-order valence-electron chi connectivity index (χ0n) is 14.5. The van der Waals surface area contributed by atoms with Crippen LogP contribution in [0.4, 0.5) is 26.0 Å². The van der Waals surface area contributed by atoms with E-state index in [1.54, 1.807) is 6.07 Å². The normalized spacial score (nSPS) is 10.3. The summed E-state index contributed by atoms with van der Waals surface area (Å²) in [5.74, 6) is -1.17. The molecule has 1 amide bonds. The summed E-state index contributed by atoms with van der Waals surface area (Å²) < 4.78 is 32.8. The number of nitrogens with one attached hydrogen (secondary N) is 2. The number of hydrogen-bond acceptors (Lipinski definition) is 4. The quantitative estimate of drug-likeness (QED) is 0.658. The smallest absolute Gasteiger partial charge is 0.257 e. The van der Waals surface area contributed by atoms with Crippen LogP contribution >= 0.6 is 0 Å². The van der Waals surface area contributed by atoms with Crippen LogP contribution in [0.1, 0.15) is 17.3 Å². The highest BCUT2D eigenvalue weighted by Crippen LogP contribution is 2.26. The second kappa shape index (κ2) is 8.27. The Morgan fingerprint density at radius 3 is 2.44 bits per heavy atom. The Labute approximate surface area is 155 Å². The van der Waals surface area contributed by atoms with Crippen LogP contribution in [0.5, 0.6) is 5.75 Å². The molecule has 138 valence electrons. The van der Waals surface area contributed by atoms with Crippen molar-refractivity contribution in [1.29, 1.82) is 0 Å². The molecule has 2 aromatic carbocycles. The van der Waals surface area contributed by atoms with Crippen molar-refractivity contribution in [3.8, 4) is 5.75 Å². The first-order valence-corrected chi connectivity index (χ1v) is 8.28. The molecule has 0 saturated carbocycles. The molecule has 0 unspecified atom stereocenters. The number of pyridine rings is 1. The van der Waals surface area contributed by atoms with Crippen molar-refractivity contribution in [3.05, 3.63) is 78.0 Å². The average molecular weight is 369 g/mol. The summed E-state index contributed by atoms with van der Waals surface area (Å²) in [7, 11) is 0. The van der Waals surface area contributed by atoms with Gasteiger partial charge in [-0.1, -0.05) is 18.2 Å². The predicted octanol–water partition coefficient (Wildman–Crippen LogP) is 4.75. The van der Waals surface area contributed by atoms with Gasteiger partial charge in [0.2, 0.25) is 0 Å². The molecule has 0 fully saturated rings. The molecule has 1 heterocycles. The first kappa shape index (κ1) is 18.3. The lowest BCUT2D eigenvalue weighted by atomic mass is 10.2. The molecule has 0 radical (unpaired) electrons. The van der Waals surface area contributed by atoms with Gasteiger partial charge in [-0.05, 0) is 43.3 Å². The third-order valence-corrected chi connectivity index (χ3v) is 3.68. The van der Waals surface area contributed by atoms with Gasteiger partial charge in [-0.15, -0.1) is 0 Å². The van der Waals surface area contributed by atoms with Crippen molar-refractivity contribution in [2.45, 2.75) is 6.92 Å². The maximum atomic E-state index is 13.6. The third kappa shape index (κ3) is 4.38. The van der Waals surface area contributed by atoms with Crippen molar-refractivity contribution in [2.24, 2.45) is 0 Å². The minimum absolute atomic E-state index is 0.168. The van der Waals surface area contributed by atoms with Gasteiger partial charge in [0.15, 0.2) is 0 Å². The number of hydrogen-bond donors (Lipinski definition) is 2. The fraction of sp³-hybridized carbons (Fsp3) is 0.100. The monoisotopic (exact) mass is 369 g/mol. The lowest BCUT2D eigenvalue weighted by Crippen LogP contribution is -2.14. The summed E-state index contributed by atoms with van der Waals surface area (Å²) in [5.41, 5.74) is 0.411. The Bertz CT molecular complexity index is 926. The summed E-state index contributed by atoms with van der Waals surface area (Å²) in [4.78, 5) is 16.4. The Morgan fingerprint density at radius 1 is 1.04 bits per heavy atom. The minimum Gasteiger partial charge on any atom is -0.492 e. The molecule has 3 aromatic rings. The van der Waals surface area contributed by atoms with Gasteiger partial charge in [0, 0.05) is 6.20 Å². The second-order valence-electron chi connectivity index (χ2n) is 5.54. The van der Waals surface area contributed by atoms with E-state index >= 15 is 0 Å². The number of nitrogens with zero attached hydrogens (tertiary/aromatic N) is 1. The number of para-hydroxylation sites is 3. The number of amides is 1. The lowest BCUT2D eigenvalue weighted by Gasteiger charge is -2.12. The molecule has 0 spiro atoms. The van der Waals surface area contributed by atoms with Gasteiger partial charge in [0.05, 0.1) is 17.9 Å². The maximum absolute atomic E-state index is 13.6. The van der Waals surface area contributed by atoms with E-state index in [2.05, 4.69) is 15.6 Å². The summed E-state index contributed by atoms with van der Waals surface area (Å²) in [6, 6.07) is 13.9. The van der Waals surface area contributed by atoms with Gasteiger partial charge in [-0.2, -0.15) is 0 Å². The maximum Gasteiger partial charge on any atom is 0.257 e. The highest BCUT2D eigenvalue weighted by Gasteiger charge is 2.14. The van der Waals surface area contributed by atoms with Crippen molar-refractivity contribution >= 4 is 23.1 Å². The van der Waals surface area contributed by atoms with Gasteiger partial charge in [-0.25, -0.2) is 13.8 Å². The zero-order chi connectivity index (χ0) is 19.2. The second-order valence-corrected chi connectivity index (χ2v) is 5.54. The highest BCUT2D eigenvalue weighted by molar-refractivity contribution is 6.04. The van der Waals surface area contributed by atoms with E-state index in [-0.39, 0.29) is 5.56 Å². The van der Waals surface area contributed by atoms with Crippen molar-refractivity contribution in [1.82, 2.24) is 4.98 Å². The van der Waals surface area contributed by atoms with E-state index in [9.17, 15) is 13.6 Å². The van der Waals surface area contributed by atoms with Gasteiger partial charge >= 0.3 is 0 Å². The Balaban J connectivity index is 1.73. The van der Waals surface area contributed by atoms with E-state index in [0.717, 1.165) is 17.8 Å². The third-order valence-electron chi connectivity index (χ3n) is 3.68. The highest BCUT2D eigenvalue weighted by atomic mass is 19.1.